The van der Waals surface area contributed by atoms with E-state index in [9.17, 15) is 0 Å². The van der Waals surface area contributed by atoms with Crippen molar-refractivity contribution < 1.29 is 0 Å². The van der Waals surface area contributed by atoms with Crippen molar-refractivity contribution in [2.45, 2.75) is 58.4 Å². The van der Waals surface area contributed by atoms with Crippen molar-refractivity contribution in [3.8, 4) is 0 Å². The third-order valence-electron chi connectivity index (χ3n) is 3.34. The first kappa shape index (κ1) is 14.0. The topological polar surface area (TPSA) is 15.3 Å². The molecule has 0 aromatic carbocycles. The van der Waals surface area contributed by atoms with Gasteiger partial charge in [-0.15, -0.1) is 0 Å². The van der Waals surface area contributed by atoms with Crippen LogP contribution in [0, 0.1) is 5.92 Å². The van der Waals surface area contributed by atoms with Crippen LogP contribution >= 0.6 is 0 Å². The maximum absolute atomic E-state index is 3.50. The van der Waals surface area contributed by atoms with Gasteiger partial charge in [0.25, 0.3) is 0 Å². The smallest absolute Gasteiger partial charge is 0.00933 e. The van der Waals surface area contributed by atoms with Crippen LogP contribution in [0.3, 0.4) is 0 Å². The van der Waals surface area contributed by atoms with E-state index >= 15 is 0 Å². The Morgan fingerprint density at radius 3 is 2.44 bits per heavy atom. The molecular formula is C14H30N2. The minimum Gasteiger partial charge on any atom is -0.316 e. The van der Waals surface area contributed by atoms with E-state index in [4.69, 9.17) is 0 Å². The zero-order valence-corrected chi connectivity index (χ0v) is 11.5. The molecule has 2 nitrogen and oxygen atoms in total. The van der Waals surface area contributed by atoms with E-state index in [1.165, 1.54) is 58.2 Å². The van der Waals surface area contributed by atoms with Crippen LogP contribution in [0.5, 0.6) is 0 Å². The first-order valence-electron chi connectivity index (χ1n) is 7.11. The molecule has 0 amide bonds. The van der Waals surface area contributed by atoms with E-state index in [-0.39, 0.29) is 0 Å². The summed E-state index contributed by atoms with van der Waals surface area (Å²) in [6.07, 6.45) is 8.41. The Labute approximate surface area is 102 Å². The quantitative estimate of drug-likeness (QED) is 0.576. The fourth-order valence-corrected chi connectivity index (χ4v) is 2.05. The predicted octanol–water partition coefficient (Wildman–Crippen LogP) is 2.89. The lowest BCUT2D eigenvalue weighted by atomic mass is 10.2. The summed E-state index contributed by atoms with van der Waals surface area (Å²) in [5, 5.41) is 3.50. The summed E-state index contributed by atoms with van der Waals surface area (Å²) in [5.41, 5.74) is 0. The number of hydrogen-bond acceptors (Lipinski definition) is 2. The Morgan fingerprint density at radius 2 is 1.81 bits per heavy atom. The highest BCUT2D eigenvalue weighted by molar-refractivity contribution is 4.82. The van der Waals surface area contributed by atoms with Gasteiger partial charge in [0.1, 0.15) is 0 Å². The molecule has 0 spiro atoms. The molecule has 96 valence electrons. The van der Waals surface area contributed by atoms with E-state index in [1.807, 2.05) is 0 Å². The molecule has 2 heteroatoms. The maximum atomic E-state index is 3.50. The molecule has 0 aliphatic heterocycles. The van der Waals surface area contributed by atoms with E-state index in [0.29, 0.717) is 0 Å². The van der Waals surface area contributed by atoms with Crippen LogP contribution in [0.2, 0.25) is 0 Å². The molecule has 0 unspecified atom stereocenters. The molecule has 0 heterocycles. The van der Waals surface area contributed by atoms with E-state index in [0.717, 1.165) is 12.0 Å². The highest BCUT2D eigenvalue weighted by Crippen LogP contribution is 2.25. The summed E-state index contributed by atoms with van der Waals surface area (Å²) < 4.78 is 0. The monoisotopic (exact) mass is 226 g/mol. The van der Waals surface area contributed by atoms with E-state index < -0.39 is 0 Å². The lowest BCUT2D eigenvalue weighted by molar-refractivity contribution is 0.314. The second-order valence-corrected chi connectivity index (χ2v) is 5.72. The van der Waals surface area contributed by atoms with E-state index in [1.54, 1.807) is 0 Å². The van der Waals surface area contributed by atoms with Crippen molar-refractivity contribution >= 4 is 0 Å². The van der Waals surface area contributed by atoms with Gasteiger partial charge in [-0.25, -0.2) is 0 Å². The van der Waals surface area contributed by atoms with Gasteiger partial charge in [-0.05, 0) is 58.3 Å². The van der Waals surface area contributed by atoms with Gasteiger partial charge in [-0.3, -0.25) is 0 Å². The Balaban J connectivity index is 1.74. The van der Waals surface area contributed by atoms with Crippen LogP contribution < -0.4 is 5.32 Å². The molecule has 0 bridgehead atoms. The molecule has 1 N–H and O–H groups in total. The van der Waals surface area contributed by atoms with Gasteiger partial charge in [0.05, 0.1) is 0 Å². The molecular weight excluding hydrogens is 196 g/mol. The van der Waals surface area contributed by atoms with Crippen LogP contribution in [-0.4, -0.2) is 37.6 Å². The zero-order valence-electron chi connectivity index (χ0n) is 11.5. The molecule has 1 rings (SSSR count). The molecule has 1 saturated carbocycles. The highest BCUT2D eigenvalue weighted by atomic mass is 15.1. The largest absolute Gasteiger partial charge is 0.316 e. The van der Waals surface area contributed by atoms with Gasteiger partial charge >= 0.3 is 0 Å². The van der Waals surface area contributed by atoms with E-state index in [2.05, 4.69) is 31.1 Å². The van der Waals surface area contributed by atoms with Gasteiger partial charge in [0.15, 0.2) is 0 Å². The average Bonchev–Trinajstić information content (AvgIpc) is 3.04. The SMILES string of the molecule is CC(C)CNCCCCCCN(C)C1CC1. The summed E-state index contributed by atoms with van der Waals surface area (Å²) in [6, 6.07) is 0.938. The van der Waals surface area contributed by atoms with Crippen LogP contribution in [0.1, 0.15) is 52.4 Å². The average molecular weight is 226 g/mol. The number of nitrogens with zero attached hydrogens (tertiary/aromatic N) is 1. The van der Waals surface area contributed by atoms with Crippen molar-refractivity contribution in [2.24, 2.45) is 5.92 Å². The fraction of sp³-hybridized carbons (Fsp3) is 1.00. The minimum atomic E-state index is 0.784. The predicted molar refractivity (Wildman–Crippen MR) is 71.8 cm³/mol. The summed E-state index contributed by atoms with van der Waals surface area (Å²) in [6.45, 7) is 8.21. The molecule has 16 heavy (non-hydrogen) atoms. The van der Waals surface area contributed by atoms with Gasteiger partial charge in [0.2, 0.25) is 0 Å². The Hall–Kier alpha value is -0.0800. The lowest BCUT2D eigenvalue weighted by Crippen LogP contribution is -2.22. The van der Waals surface area contributed by atoms with Gasteiger partial charge in [0, 0.05) is 6.04 Å². The van der Waals surface area contributed by atoms with Crippen molar-refractivity contribution in [3.05, 3.63) is 0 Å². The molecule has 0 saturated heterocycles. The summed E-state index contributed by atoms with van der Waals surface area (Å²) in [5.74, 6) is 0.784. The van der Waals surface area contributed by atoms with Gasteiger partial charge in [-0.2, -0.15) is 0 Å². The molecule has 0 atom stereocenters. The van der Waals surface area contributed by atoms with Crippen LogP contribution in [0.15, 0.2) is 0 Å². The lowest BCUT2D eigenvalue weighted by Gasteiger charge is -2.14. The Bertz CT molecular complexity index is 164. The third-order valence-corrected chi connectivity index (χ3v) is 3.34. The Kier molecular flexibility index (Phi) is 7.06. The van der Waals surface area contributed by atoms with Crippen molar-refractivity contribution in [1.29, 1.82) is 0 Å². The molecule has 1 aliphatic rings. The van der Waals surface area contributed by atoms with Crippen LogP contribution in [0.4, 0.5) is 0 Å². The first-order valence-corrected chi connectivity index (χ1v) is 7.11. The summed E-state index contributed by atoms with van der Waals surface area (Å²) >= 11 is 0. The number of unbranched alkanes of at least 4 members (excludes halogenated alkanes) is 3. The highest BCUT2D eigenvalue weighted by Gasteiger charge is 2.25. The maximum Gasteiger partial charge on any atom is 0.00933 e. The first-order chi connectivity index (χ1) is 7.70. The van der Waals surface area contributed by atoms with Crippen LogP contribution in [-0.2, 0) is 0 Å². The third kappa shape index (κ3) is 7.24. The van der Waals surface area contributed by atoms with Gasteiger partial charge in [-0.1, -0.05) is 26.7 Å². The second kappa shape index (κ2) is 8.08. The zero-order chi connectivity index (χ0) is 11.8. The number of hydrogen-bond donors (Lipinski definition) is 1. The summed E-state index contributed by atoms with van der Waals surface area (Å²) in [7, 11) is 2.28. The normalized spacial score (nSPS) is 16.3. The molecule has 0 aromatic heterocycles. The fourth-order valence-electron chi connectivity index (χ4n) is 2.05. The van der Waals surface area contributed by atoms with Crippen molar-refractivity contribution in [1.82, 2.24) is 10.2 Å². The Morgan fingerprint density at radius 1 is 1.12 bits per heavy atom. The standard InChI is InChI=1S/C14H30N2/c1-13(2)12-15-10-6-4-5-7-11-16(3)14-8-9-14/h13-15H,4-12H2,1-3H3. The molecule has 0 radical (unpaired) electrons. The van der Waals surface area contributed by atoms with Crippen molar-refractivity contribution in [3.63, 3.8) is 0 Å². The van der Waals surface area contributed by atoms with Crippen LogP contribution in [0.25, 0.3) is 0 Å². The van der Waals surface area contributed by atoms with Crippen molar-refractivity contribution in [2.75, 3.05) is 26.7 Å². The minimum absolute atomic E-state index is 0.784. The molecule has 1 aliphatic carbocycles. The molecule has 1 fully saturated rings. The number of nitrogens with one attached hydrogen (secondary N) is 1. The summed E-state index contributed by atoms with van der Waals surface area (Å²) in [4.78, 5) is 2.54. The number of rotatable bonds is 10. The van der Waals surface area contributed by atoms with Gasteiger partial charge < -0.3 is 10.2 Å². The molecule has 0 aromatic rings. The second-order valence-electron chi connectivity index (χ2n) is 5.72.